The van der Waals surface area contributed by atoms with Gasteiger partial charge in [-0.3, -0.25) is 9.59 Å². The van der Waals surface area contributed by atoms with E-state index in [-0.39, 0.29) is 17.7 Å². The molecule has 21 heavy (non-hydrogen) atoms. The monoisotopic (exact) mass is 286 g/mol. The molecular formula is C17H22N2O2. The highest BCUT2D eigenvalue weighted by atomic mass is 16.2. The molecule has 1 aromatic rings. The lowest BCUT2D eigenvalue weighted by molar-refractivity contribution is -0.119. The minimum atomic E-state index is 0.126. The number of amides is 2. The molecule has 0 aromatic heterocycles. The Hall–Kier alpha value is -1.84. The first-order valence-electron chi connectivity index (χ1n) is 7.78. The predicted octanol–water partition coefficient (Wildman–Crippen LogP) is 2.97. The molecule has 112 valence electrons. The Bertz CT molecular complexity index is 576. The molecule has 0 unspecified atom stereocenters. The minimum absolute atomic E-state index is 0.126. The Kier molecular flexibility index (Phi) is 3.70. The van der Waals surface area contributed by atoms with E-state index in [2.05, 4.69) is 19.2 Å². The van der Waals surface area contributed by atoms with Crippen LogP contribution in [0, 0.1) is 11.8 Å². The second kappa shape index (κ2) is 5.51. The van der Waals surface area contributed by atoms with Gasteiger partial charge >= 0.3 is 0 Å². The van der Waals surface area contributed by atoms with Crippen molar-refractivity contribution >= 4 is 23.2 Å². The van der Waals surface area contributed by atoms with Gasteiger partial charge in [0.2, 0.25) is 11.8 Å². The highest BCUT2D eigenvalue weighted by molar-refractivity contribution is 5.98. The maximum atomic E-state index is 12.1. The van der Waals surface area contributed by atoms with Crippen molar-refractivity contribution in [3.05, 3.63) is 23.8 Å². The average Bonchev–Trinajstić information content (AvgIpc) is 3.26. The predicted molar refractivity (Wildman–Crippen MR) is 83.3 cm³/mol. The molecule has 1 aliphatic heterocycles. The number of nitrogens with one attached hydrogen (secondary N) is 1. The van der Waals surface area contributed by atoms with Crippen LogP contribution in [0.25, 0.3) is 0 Å². The van der Waals surface area contributed by atoms with Crippen molar-refractivity contribution in [2.75, 3.05) is 16.8 Å². The van der Waals surface area contributed by atoms with Crippen LogP contribution in [-0.4, -0.2) is 18.4 Å². The molecule has 2 amide bonds. The number of benzene rings is 1. The van der Waals surface area contributed by atoms with Crippen LogP contribution in [0.5, 0.6) is 0 Å². The van der Waals surface area contributed by atoms with Crippen LogP contribution in [0.4, 0.5) is 11.4 Å². The summed E-state index contributed by atoms with van der Waals surface area (Å²) >= 11 is 0. The lowest BCUT2D eigenvalue weighted by atomic mass is 9.99. The molecule has 0 atom stereocenters. The van der Waals surface area contributed by atoms with Gasteiger partial charge < -0.3 is 10.2 Å². The third kappa shape index (κ3) is 3.09. The summed E-state index contributed by atoms with van der Waals surface area (Å²) < 4.78 is 0. The molecule has 0 bridgehead atoms. The highest BCUT2D eigenvalue weighted by Crippen LogP contribution is 2.33. The lowest BCUT2D eigenvalue weighted by Crippen LogP contribution is -2.37. The molecule has 0 saturated heterocycles. The molecule has 0 spiro atoms. The molecule has 0 radical (unpaired) electrons. The fourth-order valence-corrected chi connectivity index (χ4v) is 2.79. The van der Waals surface area contributed by atoms with Crippen molar-refractivity contribution in [2.24, 2.45) is 11.8 Å². The normalized spacial score (nSPS) is 17.9. The van der Waals surface area contributed by atoms with Gasteiger partial charge in [0.05, 0.1) is 0 Å². The van der Waals surface area contributed by atoms with Crippen LogP contribution in [0.3, 0.4) is 0 Å². The number of aryl methyl sites for hydroxylation is 1. The van der Waals surface area contributed by atoms with Gasteiger partial charge in [0, 0.05) is 30.3 Å². The molecule has 1 aromatic carbocycles. The van der Waals surface area contributed by atoms with Crippen LogP contribution in [0.15, 0.2) is 18.2 Å². The zero-order valence-corrected chi connectivity index (χ0v) is 12.7. The van der Waals surface area contributed by atoms with E-state index in [4.69, 9.17) is 0 Å². The van der Waals surface area contributed by atoms with E-state index >= 15 is 0 Å². The van der Waals surface area contributed by atoms with E-state index < -0.39 is 0 Å². The fourth-order valence-electron chi connectivity index (χ4n) is 2.79. The highest BCUT2D eigenvalue weighted by Gasteiger charge is 2.30. The second-order valence-corrected chi connectivity index (χ2v) is 6.51. The number of anilines is 2. The number of carbonyl (C=O) groups is 2. The van der Waals surface area contributed by atoms with Crippen molar-refractivity contribution in [3.8, 4) is 0 Å². The van der Waals surface area contributed by atoms with Gasteiger partial charge in [0.25, 0.3) is 0 Å². The Labute approximate surface area is 125 Å². The van der Waals surface area contributed by atoms with Crippen LogP contribution >= 0.6 is 0 Å². The summed E-state index contributed by atoms with van der Waals surface area (Å²) in [4.78, 5) is 25.8. The lowest BCUT2D eigenvalue weighted by Gasteiger charge is -2.31. The number of rotatable bonds is 4. The molecule has 2 aliphatic rings. The van der Waals surface area contributed by atoms with Crippen LogP contribution in [0.2, 0.25) is 0 Å². The number of fused-ring (bicyclic) bond motifs is 1. The quantitative estimate of drug-likeness (QED) is 0.925. The van der Waals surface area contributed by atoms with Crippen LogP contribution in [-0.2, 0) is 16.0 Å². The Morgan fingerprint density at radius 1 is 1.33 bits per heavy atom. The summed E-state index contributed by atoms with van der Waals surface area (Å²) in [5.41, 5.74) is 3.01. The molecule has 4 heteroatoms. The van der Waals surface area contributed by atoms with Crippen molar-refractivity contribution in [1.82, 2.24) is 0 Å². The van der Waals surface area contributed by atoms with Gasteiger partial charge in [-0.15, -0.1) is 0 Å². The van der Waals surface area contributed by atoms with Gasteiger partial charge in [-0.25, -0.2) is 0 Å². The number of carbonyl (C=O) groups excluding carboxylic acids is 2. The first-order chi connectivity index (χ1) is 10.0. The second-order valence-electron chi connectivity index (χ2n) is 6.51. The fraction of sp³-hybridized carbons (Fsp3) is 0.529. The van der Waals surface area contributed by atoms with E-state index in [9.17, 15) is 9.59 Å². The summed E-state index contributed by atoms with van der Waals surface area (Å²) in [6, 6.07) is 5.90. The number of hydrogen-bond acceptors (Lipinski definition) is 2. The summed E-state index contributed by atoms with van der Waals surface area (Å²) in [5, 5.41) is 2.98. The number of nitrogens with zero attached hydrogens (tertiary/aromatic N) is 1. The van der Waals surface area contributed by atoms with E-state index in [1.54, 1.807) is 0 Å². The first kappa shape index (κ1) is 14.1. The molecule has 1 heterocycles. The minimum Gasteiger partial charge on any atom is -0.326 e. The molecule has 3 rings (SSSR count). The maximum absolute atomic E-state index is 12.1. The molecule has 4 nitrogen and oxygen atoms in total. The third-order valence-corrected chi connectivity index (χ3v) is 4.04. The van der Waals surface area contributed by atoms with Crippen LogP contribution < -0.4 is 10.2 Å². The summed E-state index contributed by atoms with van der Waals surface area (Å²) in [6.45, 7) is 4.98. The van der Waals surface area contributed by atoms with Crippen molar-refractivity contribution in [3.63, 3.8) is 0 Å². The van der Waals surface area contributed by atoms with E-state index in [0.29, 0.717) is 12.3 Å². The van der Waals surface area contributed by atoms with Crippen LogP contribution in [0.1, 0.15) is 38.7 Å². The zero-order chi connectivity index (χ0) is 15.0. The van der Waals surface area contributed by atoms with Gasteiger partial charge in [-0.2, -0.15) is 0 Å². The molecule has 1 aliphatic carbocycles. The van der Waals surface area contributed by atoms with Gasteiger partial charge in [-0.1, -0.05) is 13.8 Å². The van der Waals surface area contributed by atoms with E-state index in [0.717, 1.165) is 42.7 Å². The Balaban J connectivity index is 1.81. The summed E-state index contributed by atoms with van der Waals surface area (Å²) in [6.07, 6.45) is 3.33. The summed E-state index contributed by atoms with van der Waals surface area (Å²) in [5.74, 6) is 0.973. The zero-order valence-electron chi connectivity index (χ0n) is 12.7. The molecule has 1 fully saturated rings. The number of hydrogen-bond donors (Lipinski definition) is 1. The van der Waals surface area contributed by atoms with Crippen molar-refractivity contribution in [1.29, 1.82) is 0 Å². The Morgan fingerprint density at radius 3 is 2.76 bits per heavy atom. The standard InChI is InChI=1S/C17H22N2O2/c1-11(2)10-19-15-7-6-14(18-17(21)12-3-4-12)9-13(15)5-8-16(19)20/h6-7,9,11-12H,3-5,8,10H2,1-2H3,(H,18,21). The SMILES string of the molecule is CC(C)CN1C(=O)CCc2cc(NC(=O)C3CC3)ccc21. The molecule has 1 N–H and O–H groups in total. The molecule has 1 saturated carbocycles. The maximum Gasteiger partial charge on any atom is 0.227 e. The largest absolute Gasteiger partial charge is 0.326 e. The summed E-state index contributed by atoms with van der Waals surface area (Å²) in [7, 11) is 0. The average molecular weight is 286 g/mol. The molecular weight excluding hydrogens is 264 g/mol. The Morgan fingerprint density at radius 2 is 2.10 bits per heavy atom. The third-order valence-electron chi connectivity index (χ3n) is 4.04. The topological polar surface area (TPSA) is 49.4 Å². The van der Waals surface area contributed by atoms with Gasteiger partial charge in [-0.05, 0) is 48.9 Å². The van der Waals surface area contributed by atoms with Gasteiger partial charge in [0.1, 0.15) is 0 Å². The van der Waals surface area contributed by atoms with Crippen molar-refractivity contribution in [2.45, 2.75) is 39.5 Å². The van der Waals surface area contributed by atoms with E-state index in [1.807, 2.05) is 23.1 Å². The smallest absolute Gasteiger partial charge is 0.227 e. The van der Waals surface area contributed by atoms with E-state index in [1.165, 1.54) is 0 Å². The first-order valence-corrected chi connectivity index (χ1v) is 7.78. The van der Waals surface area contributed by atoms with Crippen molar-refractivity contribution < 1.29 is 9.59 Å². The van der Waals surface area contributed by atoms with Gasteiger partial charge in [0.15, 0.2) is 0 Å².